The van der Waals surface area contributed by atoms with Crippen molar-refractivity contribution < 1.29 is 31.4 Å². The van der Waals surface area contributed by atoms with Crippen molar-refractivity contribution in [3.63, 3.8) is 0 Å². The number of nitrogens with one attached hydrogen (secondary N) is 1. The highest BCUT2D eigenvalue weighted by Crippen LogP contribution is 2.30. The van der Waals surface area contributed by atoms with Crippen LogP contribution in [0.1, 0.15) is 24.1 Å². The maximum absolute atomic E-state index is 13.3. The number of rotatable bonds is 7. The Bertz CT molecular complexity index is 749. The smallest absolute Gasteiger partial charge is 0.422 e. The molecular formula is C18H18F5NO2. The number of hydrogen-bond acceptors (Lipinski definition) is 3. The van der Waals surface area contributed by atoms with E-state index in [0.29, 0.717) is 12.1 Å². The van der Waals surface area contributed by atoms with Gasteiger partial charge in [0.15, 0.2) is 29.7 Å². The lowest BCUT2D eigenvalue weighted by Gasteiger charge is -2.16. The van der Waals surface area contributed by atoms with Crippen LogP contribution in [-0.2, 0) is 6.54 Å². The molecule has 0 saturated carbocycles. The van der Waals surface area contributed by atoms with Gasteiger partial charge in [0.25, 0.3) is 0 Å². The molecule has 0 bridgehead atoms. The van der Waals surface area contributed by atoms with Crippen LogP contribution in [0.2, 0.25) is 0 Å². The van der Waals surface area contributed by atoms with Gasteiger partial charge in [0.1, 0.15) is 0 Å². The minimum absolute atomic E-state index is 0.0118. The van der Waals surface area contributed by atoms with Gasteiger partial charge in [0, 0.05) is 12.6 Å². The molecule has 8 heteroatoms. The number of ether oxygens (including phenoxy) is 2. The molecule has 0 radical (unpaired) electrons. The summed E-state index contributed by atoms with van der Waals surface area (Å²) < 4.78 is 72.8. The molecular weight excluding hydrogens is 357 g/mol. The Morgan fingerprint density at radius 2 is 1.73 bits per heavy atom. The van der Waals surface area contributed by atoms with Gasteiger partial charge in [0.05, 0.1) is 7.11 Å². The summed E-state index contributed by atoms with van der Waals surface area (Å²) in [6.07, 6.45) is -4.44. The molecule has 2 aromatic carbocycles. The summed E-state index contributed by atoms with van der Waals surface area (Å²) in [4.78, 5) is 0. The van der Waals surface area contributed by atoms with Gasteiger partial charge in [-0.3, -0.25) is 0 Å². The van der Waals surface area contributed by atoms with E-state index in [1.165, 1.54) is 19.2 Å². The normalized spacial score (nSPS) is 12.7. The molecule has 0 spiro atoms. The van der Waals surface area contributed by atoms with Crippen molar-refractivity contribution >= 4 is 0 Å². The van der Waals surface area contributed by atoms with Crippen molar-refractivity contribution in [3.05, 3.63) is 59.2 Å². The van der Waals surface area contributed by atoms with Crippen molar-refractivity contribution in [2.24, 2.45) is 0 Å². The van der Waals surface area contributed by atoms with Gasteiger partial charge >= 0.3 is 6.18 Å². The second kappa shape index (κ2) is 8.35. The van der Waals surface area contributed by atoms with E-state index in [2.05, 4.69) is 5.32 Å². The quantitative estimate of drug-likeness (QED) is 0.708. The molecule has 0 aliphatic rings. The van der Waals surface area contributed by atoms with Crippen LogP contribution < -0.4 is 14.8 Å². The number of alkyl halides is 3. The van der Waals surface area contributed by atoms with Crippen LogP contribution in [0.3, 0.4) is 0 Å². The molecule has 0 aromatic heterocycles. The summed E-state index contributed by atoms with van der Waals surface area (Å²) in [5.41, 5.74) is 1.30. The van der Waals surface area contributed by atoms with Gasteiger partial charge in [0.2, 0.25) is 0 Å². The lowest BCUT2D eigenvalue weighted by Crippen LogP contribution is -2.20. The van der Waals surface area contributed by atoms with Crippen molar-refractivity contribution in [2.75, 3.05) is 13.7 Å². The summed E-state index contributed by atoms with van der Waals surface area (Å²) in [7, 11) is 1.33. The Labute approximate surface area is 147 Å². The standard InChI is InChI=1S/C18H18F5NO2/c1-11(13-4-5-14(19)15(20)8-13)24-9-12-3-6-16(17(7-12)25-2)26-10-18(21,22)23/h3-8,11,24H,9-10H2,1-2H3. The Hall–Kier alpha value is -2.35. The molecule has 0 fully saturated rings. The van der Waals surface area contributed by atoms with Crippen LogP contribution in [0.25, 0.3) is 0 Å². The van der Waals surface area contributed by atoms with Gasteiger partial charge in [-0.1, -0.05) is 12.1 Å². The molecule has 2 aromatic rings. The topological polar surface area (TPSA) is 30.5 Å². The van der Waals surface area contributed by atoms with Crippen LogP contribution >= 0.6 is 0 Å². The van der Waals surface area contributed by atoms with E-state index < -0.39 is 24.4 Å². The molecule has 142 valence electrons. The Morgan fingerprint density at radius 1 is 1.00 bits per heavy atom. The monoisotopic (exact) mass is 375 g/mol. The average Bonchev–Trinajstić information content (AvgIpc) is 2.59. The Balaban J connectivity index is 2.01. The first-order valence-electron chi connectivity index (χ1n) is 7.74. The number of hydrogen-bond donors (Lipinski definition) is 1. The van der Waals surface area contributed by atoms with Gasteiger partial charge in [-0.05, 0) is 42.3 Å². The van der Waals surface area contributed by atoms with E-state index in [4.69, 9.17) is 9.47 Å². The Kier molecular flexibility index (Phi) is 6.42. The average molecular weight is 375 g/mol. The fourth-order valence-corrected chi connectivity index (χ4v) is 2.27. The number of methoxy groups -OCH3 is 1. The maximum atomic E-state index is 13.3. The summed E-state index contributed by atoms with van der Waals surface area (Å²) in [6, 6.07) is 7.92. The third-order valence-corrected chi connectivity index (χ3v) is 3.68. The predicted octanol–water partition coefficient (Wildman–Crippen LogP) is 4.77. The van der Waals surface area contributed by atoms with Crippen molar-refractivity contribution in [1.29, 1.82) is 0 Å². The van der Waals surface area contributed by atoms with Crippen LogP contribution in [0.5, 0.6) is 11.5 Å². The minimum atomic E-state index is -4.44. The van der Waals surface area contributed by atoms with E-state index in [-0.39, 0.29) is 17.5 Å². The fraction of sp³-hybridized carbons (Fsp3) is 0.333. The minimum Gasteiger partial charge on any atom is -0.493 e. The molecule has 0 aliphatic heterocycles. The van der Waals surface area contributed by atoms with Gasteiger partial charge in [-0.25, -0.2) is 8.78 Å². The molecule has 26 heavy (non-hydrogen) atoms. The van der Waals surface area contributed by atoms with Crippen molar-refractivity contribution in [2.45, 2.75) is 25.7 Å². The summed E-state index contributed by atoms with van der Waals surface area (Å²) >= 11 is 0. The molecule has 0 amide bonds. The second-order valence-corrected chi connectivity index (χ2v) is 5.67. The van der Waals surface area contributed by atoms with Crippen LogP contribution in [-0.4, -0.2) is 19.9 Å². The van der Waals surface area contributed by atoms with E-state index in [1.54, 1.807) is 19.1 Å². The van der Waals surface area contributed by atoms with Crippen molar-refractivity contribution in [1.82, 2.24) is 5.32 Å². The van der Waals surface area contributed by atoms with E-state index in [1.807, 2.05) is 0 Å². The van der Waals surface area contributed by atoms with Gasteiger partial charge in [-0.15, -0.1) is 0 Å². The van der Waals surface area contributed by atoms with Crippen LogP contribution in [0.15, 0.2) is 36.4 Å². The highest BCUT2D eigenvalue weighted by Gasteiger charge is 2.29. The van der Waals surface area contributed by atoms with E-state index >= 15 is 0 Å². The van der Waals surface area contributed by atoms with E-state index in [9.17, 15) is 22.0 Å². The lowest BCUT2D eigenvalue weighted by atomic mass is 10.1. The number of benzene rings is 2. The largest absolute Gasteiger partial charge is 0.493 e. The highest BCUT2D eigenvalue weighted by molar-refractivity contribution is 5.43. The molecule has 1 unspecified atom stereocenters. The van der Waals surface area contributed by atoms with Gasteiger partial charge in [-0.2, -0.15) is 13.2 Å². The summed E-state index contributed by atoms with van der Waals surface area (Å²) in [5, 5.41) is 3.12. The first-order chi connectivity index (χ1) is 12.2. The summed E-state index contributed by atoms with van der Waals surface area (Å²) in [5.74, 6) is -1.68. The molecule has 0 aliphatic carbocycles. The molecule has 3 nitrogen and oxygen atoms in total. The third kappa shape index (κ3) is 5.59. The molecule has 1 N–H and O–H groups in total. The SMILES string of the molecule is COc1cc(CNC(C)c2ccc(F)c(F)c2)ccc1OCC(F)(F)F. The lowest BCUT2D eigenvalue weighted by molar-refractivity contribution is -0.153. The molecule has 2 rings (SSSR count). The first kappa shape index (κ1) is 20.0. The number of halogens is 5. The maximum Gasteiger partial charge on any atom is 0.422 e. The van der Waals surface area contributed by atoms with E-state index in [0.717, 1.165) is 17.7 Å². The van der Waals surface area contributed by atoms with Crippen molar-refractivity contribution in [3.8, 4) is 11.5 Å². The first-order valence-corrected chi connectivity index (χ1v) is 7.74. The molecule has 0 heterocycles. The highest BCUT2D eigenvalue weighted by atomic mass is 19.4. The van der Waals surface area contributed by atoms with Crippen LogP contribution in [0.4, 0.5) is 22.0 Å². The molecule has 1 atom stereocenters. The zero-order valence-electron chi connectivity index (χ0n) is 14.2. The third-order valence-electron chi connectivity index (χ3n) is 3.68. The predicted molar refractivity (Wildman–Crippen MR) is 86.2 cm³/mol. The Morgan fingerprint density at radius 3 is 2.35 bits per heavy atom. The van der Waals surface area contributed by atoms with Crippen LogP contribution in [0, 0.1) is 11.6 Å². The van der Waals surface area contributed by atoms with Gasteiger partial charge < -0.3 is 14.8 Å². The summed E-state index contributed by atoms with van der Waals surface area (Å²) in [6.45, 7) is 0.717. The fourth-order valence-electron chi connectivity index (χ4n) is 2.27. The second-order valence-electron chi connectivity index (χ2n) is 5.67. The zero-order valence-corrected chi connectivity index (χ0v) is 14.2. The zero-order chi connectivity index (χ0) is 19.3. The molecule has 0 saturated heterocycles.